The summed E-state index contributed by atoms with van der Waals surface area (Å²) in [6.07, 6.45) is 4.72. The standard InChI is InChI=1S/C16H29NO3/c1-15(2,3)20-14(19)7-6-13(18)17-12-8-10-16(4,5)11-9-12/h12H,6-11H2,1-5H3,(H,17,18). The molecule has 1 N–H and O–H groups in total. The topological polar surface area (TPSA) is 55.4 Å². The van der Waals surface area contributed by atoms with Crippen molar-refractivity contribution in [1.82, 2.24) is 5.32 Å². The van der Waals surface area contributed by atoms with E-state index >= 15 is 0 Å². The minimum Gasteiger partial charge on any atom is -0.460 e. The maximum absolute atomic E-state index is 11.8. The molecule has 0 aromatic rings. The van der Waals surface area contributed by atoms with Crippen molar-refractivity contribution in [2.24, 2.45) is 5.41 Å². The zero-order chi connectivity index (χ0) is 15.4. The summed E-state index contributed by atoms with van der Waals surface area (Å²) in [5.41, 5.74) is -0.0831. The van der Waals surface area contributed by atoms with Crippen molar-refractivity contribution < 1.29 is 14.3 Å². The summed E-state index contributed by atoms with van der Waals surface area (Å²) < 4.78 is 5.19. The summed E-state index contributed by atoms with van der Waals surface area (Å²) in [7, 11) is 0. The number of carbonyl (C=O) groups excluding carboxylic acids is 2. The van der Waals surface area contributed by atoms with Gasteiger partial charge >= 0.3 is 5.97 Å². The zero-order valence-electron chi connectivity index (χ0n) is 13.5. The van der Waals surface area contributed by atoms with E-state index in [1.807, 2.05) is 20.8 Å². The molecule has 1 aliphatic rings. The summed E-state index contributed by atoms with van der Waals surface area (Å²) in [4.78, 5) is 23.4. The SMILES string of the molecule is CC1(C)CCC(NC(=O)CCC(=O)OC(C)(C)C)CC1. The smallest absolute Gasteiger partial charge is 0.306 e. The van der Waals surface area contributed by atoms with Gasteiger partial charge in [-0.3, -0.25) is 9.59 Å². The van der Waals surface area contributed by atoms with Gasteiger partial charge in [0.05, 0.1) is 6.42 Å². The Balaban J connectivity index is 2.23. The molecule has 0 spiro atoms. The molecule has 0 heterocycles. The fourth-order valence-corrected chi connectivity index (χ4v) is 2.45. The molecule has 0 aromatic heterocycles. The highest BCUT2D eigenvalue weighted by atomic mass is 16.6. The van der Waals surface area contributed by atoms with E-state index in [1.165, 1.54) is 0 Å². The molecule has 116 valence electrons. The Bertz CT molecular complexity index is 345. The molecule has 0 aromatic carbocycles. The summed E-state index contributed by atoms with van der Waals surface area (Å²) in [5.74, 6) is -0.349. The van der Waals surface area contributed by atoms with Crippen LogP contribution < -0.4 is 5.32 Å². The number of rotatable bonds is 4. The molecule has 1 amide bonds. The van der Waals surface area contributed by atoms with Gasteiger partial charge in [-0.1, -0.05) is 13.8 Å². The van der Waals surface area contributed by atoms with Crippen molar-refractivity contribution in [2.45, 2.75) is 84.8 Å². The first kappa shape index (κ1) is 17.0. The lowest BCUT2D eigenvalue weighted by atomic mass is 9.75. The normalized spacial score (nSPS) is 19.4. The highest BCUT2D eigenvalue weighted by Crippen LogP contribution is 2.34. The fourth-order valence-electron chi connectivity index (χ4n) is 2.45. The summed E-state index contributed by atoms with van der Waals surface area (Å²) in [5, 5.41) is 3.03. The Labute approximate surface area is 122 Å². The molecule has 4 heteroatoms. The van der Waals surface area contributed by atoms with Crippen molar-refractivity contribution in [1.29, 1.82) is 0 Å². The van der Waals surface area contributed by atoms with Crippen molar-refractivity contribution in [3.63, 3.8) is 0 Å². The monoisotopic (exact) mass is 283 g/mol. The van der Waals surface area contributed by atoms with E-state index in [1.54, 1.807) is 0 Å². The van der Waals surface area contributed by atoms with E-state index in [2.05, 4.69) is 19.2 Å². The van der Waals surface area contributed by atoms with E-state index in [0.29, 0.717) is 5.41 Å². The molecule has 0 atom stereocenters. The molecule has 1 aliphatic carbocycles. The van der Waals surface area contributed by atoms with Crippen molar-refractivity contribution in [3.8, 4) is 0 Å². The molecule has 0 unspecified atom stereocenters. The van der Waals surface area contributed by atoms with Crippen LogP contribution in [0.5, 0.6) is 0 Å². The van der Waals surface area contributed by atoms with Crippen LogP contribution >= 0.6 is 0 Å². The quantitative estimate of drug-likeness (QED) is 0.806. The van der Waals surface area contributed by atoms with Crippen LogP contribution in [0.2, 0.25) is 0 Å². The van der Waals surface area contributed by atoms with E-state index < -0.39 is 5.60 Å². The van der Waals surface area contributed by atoms with E-state index in [4.69, 9.17) is 4.74 Å². The van der Waals surface area contributed by atoms with Crippen LogP contribution in [0, 0.1) is 5.41 Å². The van der Waals surface area contributed by atoms with Gasteiger partial charge in [0, 0.05) is 12.5 Å². The average molecular weight is 283 g/mol. The summed E-state index contributed by atoms with van der Waals surface area (Å²) >= 11 is 0. The number of ether oxygens (including phenoxy) is 1. The molecule has 0 bridgehead atoms. The van der Waals surface area contributed by atoms with Crippen molar-refractivity contribution >= 4 is 11.9 Å². The lowest BCUT2D eigenvalue weighted by Gasteiger charge is -2.34. The largest absolute Gasteiger partial charge is 0.460 e. The van der Waals surface area contributed by atoms with Crippen LogP contribution in [0.1, 0.15) is 73.1 Å². The first-order valence-corrected chi connectivity index (χ1v) is 7.59. The minimum atomic E-state index is -0.484. The van der Waals surface area contributed by atoms with Gasteiger partial charge in [-0.15, -0.1) is 0 Å². The third-order valence-corrected chi connectivity index (χ3v) is 3.68. The lowest BCUT2D eigenvalue weighted by Crippen LogP contribution is -2.39. The number of esters is 1. The third kappa shape index (κ3) is 6.92. The molecule has 1 rings (SSSR count). The zero-order valence-corrected chi connectivity index (χ0v) is 13.5. The first-order chi connectivity index (χ1) is 9.07. The second-order valence-electron chi connectivity index (χ2n) is 7.59. The molecule has 0 aliphatic heterocycles. The maximum atomic E-state index is 11.8. The summed E-state index contributed by atoms with van der Waals surface area (Å²) in [6.45, 7) is 10.0. The summed E-state index contributed by atoms with van der Waals surface area (Å²) in [6, 6.07) is 0.272. The van der Waals surface area contributed by atoms with Gasteiger partial charge in [0.25, 0.3) is 0 Å². The van der Waals surface area contributed by atoms with Gasteiger partial charge in [-0.25, -0.2) is 0 Å². The maximum Gasteiger partial charge on any atom is 0.306 e. The number of hydrogen-bond acceptors (Lipinski definition) is 3. The van der Waals surface area contributed by atoms with Gasteiger partial charge in [0.15, 0.2) is 0 Å². The third-order valence-electron chi connectivity index (χ3n) is 3.68. The minimum absolute atomic E-state index is 0.0411. The first-order valence-electron chi connectivity index (χ1n) is 7.59. The number of carbonyl (C=O) groups is 2. The number of nitrogens with one attached hydrogen (secondary N) is 1. The van der Waals surface area contributed by atoms with Crippen LogP contribution in [0.25, 0.3) is 0 Å². The van der Waals surface area contributed by atoms with Crippen LogP contribution in [0.15, 0.2) is 0 Å². The Kier molecular flexibility index (Phi) is 5.60. The van der Waals surface area contributed by atoms with Gasteiger partial charge in [-0.05, 0) is 51.9 Å². The predicted octanol–water partition coefficient (Wildman–Crippen LogP) is 3.19. The molecule has 4 nitrogen and oxygen atoms in total. The van der Waals surface area contributed by atoms with Gasteiger partial charge in [0.2, 0.25) is 5.91 Å². The Morgan fingerprint density at radius 2 is 1.70 bits per heavy atom. The van der Waals surface area contributed by atoms with Crippen molar-refractivity contribution in [2.75, 3.05) is 0 Å². The fraction of sp³-hybridized carbons (Fsp3) is 0.875. The number of hydrogen-bond donors (Lipinski definition) is 1. The van der Waals surface area contributed by atoms with Crippen LogP contribution in [0.4, 0.5) is 0 Å². The Morgan fingerprint density at radius 3 is 2.20 bits per heavy atom. The molecule has 20 heavy (non-hydrogen) atoms. The van der Waals surface area contributed by atoms with Crippen molar-refractivity contribution in [3.05, 3.63) is 0 Å². The lowest BCUT2D eigenvalue weighted by molar-refractivity contribution is -0.155. The second-order valence-corrected chi connectivity index (χ2v) is 7.59. The molecule has 0 saturated heterocycles. The molecular weight excluding hydrogens is 254 g/mol. The molecule has 0 radical (unpaired) electrons. The van der Waals surface area contributed by atoms with E-state index in [9.17, 15) is 9.59 Å². The molecule has 1 fully saturated rings. The van der Waals surface area contributed by atoms with E-state index in [0.717, 1.165) is 25.7 Å². The van der Waals surface area contributed by atoms with Gasteiger partial charge < -0.3 is 10.1 Å². The molecular formula is C16H29NO3. The highest BCUT2D eigenvalue weighted by Gasteiger charge is 2.27. The molecule has 1 saturated carbocycles. The Hall–Kier alpha value is -1.06. The Morgan fingerprint density at radius 1 is 1.15 bits per heavy atom. The number of amides is 1. The highest BCUT2D eigenvalue weighted by molar-refractivity contribution is 5.81. The van der Waals surface area contributed by atoms with E-state index in [-0.39, 0.29) is 30.8 Å². The van der Waals surface area contributed by atoms with Crippen LogP contribution in [0.3, 0.4) is 0 Å². The van der Waals surface area contributed by atoms with Gasteiger partial charge in [-0.2, -0.15) is 0 Å². The second kappa shape index (κ2) is 6.59. The van der Waals surface area contributed by atoms with Gasteiger partial charge in [0.1, 0.15) is 5.60 Å². The average Bonchev–Trinajstić information content (AvgIpc) is 2.27. The van der Waals surface area contributed by atoms with Crippen LogP contribution in [-0.4, -0.2) is 23.5 Å². The predicted molar refractivity (Wildman–Crippen MR) is 79.3 cm³/mol. The van der Waals surface area contributed by atoms with Crippen LogP contribution in [-0.2, 0) is 14.3 Å².